The van der Waals surface area contributed by atoms with Crippen molar-refractivity contribution in [2.24, 2.45) is 0 Å². The van der Waals surface area contributed by atoms with Gasteiger partial charge in [0.05, 0.1) is 17.8 Å². The highest BCUT2D eigenvalue weighted by molar-refractivity contribution is 7.80. The molecule has 1 aliphatic rings. The molecule has 4 rings (SSSR count). The van der Waals surface area contributed by atoms with E-state index in [4.69, 9.17) is 12.2 Å². The maximum absolute atomic E-state index is 12.6. The maximum atomic E-state index is 12.6. The van der Waals surface area contributed by atoms with E-state index in [1.54, 1.807) is 6.20 Å². The van der Waals surface area contributed by atoms with E-state index < -0.39 is 0 Å². The number of hydrogen-bond acceptors (Lipinski definition) is 3. The number of aryl methyl sites for hydroxylation is 1. The summed E-state index contributed by atoms with van der Waals surface area (Å²) < 4.78 is 0. The van der Waals surface area contributed by atoms with Gasteiger partial charge in [-0.25, -0.2) is 0 Å². The van der Waals surface area contributed by atoms with E-state index in [1.807, 2.05) is 67.7 Å². The molecule has 1 aliphatic heterocycles. The molecule has 2 unspecified atom stereocenters. The first kappa shape index (κ1) is 19.1. The third-order valence-corrected chi connectivity index (χ3v) is 5.49. The van der Waals surface area contributed by atoms with Crippen LogP contribution in [0.5, 0.6) is 0 Å². The number of aromatic nitrogens is 2. The molecule has 2 atom stereocenters. The predicted molar refractivity (Wildman–Crippen MR) is 117 cm³/mol. The molecule has 0 spiro atoms. The van der Waals surface area contributed by atoms with Crippen molar-refractivity contribution in [3.05, 3.63) is 83.9 Å². The number of nitrogens with one attached hydrogen (secondary N) is 3. The van der Waals surface area contributed by atoms with Crippen LogP contribution in [-0.2, 0) is 4.79 Å². The molecule has 29 heavy (non-hydrogen) atoms. The lowest BCUT2D eigenvalue weighted by Gasteiger charge is -2.26. The molecule has 3 aromatic rings. The molecule has 7 heteroatoms. The molecule has 1 aromatic carbocycles. The minimum Gasteiger partial charge on any atom is -0.363 e. The summed E-state index contributed by atoms with van der Waals surface area (Å²) in [5, 5.41) is 7.01. The Hall–Kier alpha value is -3.19. The Balaban J connectivity index is 1.50. The van der Waals surface area contributed by atoms with Gasteiger partial charge in [0.1, 0.15) is 0 Å². The maximum Gasteiger partial charge on any atom is 0.226 e. The molecular weight excluding hydrogens is 382 g/mol. The number of anilines is 1. The van der Waals surface area contributed by atoms with Gasteiger partial charge in [-0.2, -0.15) is 0 Å². The number of H-pyrrole nitrogens is 1. The van der Waals surface area contributed by atoms with Crippen molar-refractivity contribution in [1.82, 2.24) is 20.2 Å². The van der Waals surface area contributed by atoms with Crippen LogP contribution in [0.4, 0.5) is 5.69 Å². The number of nitrogens with zero attached hydrogens (tertiary/aromatic N) is 2. The Labute approximate surface area is 175 Å². The molecule has 1 saturated heterocycles. The van der Waals surface area contributed by atoms with Crippen LogP contribution in [-0.4, -0.2) is 32.4 Å². The van der Waals surface area contributed by atoms with E-state index in [0.717, 1.165) is 22.6 Å². The molecule has 0 radical (unpaired) electrons. The number of carbonyl (C=O) groups excluding carboxylic acids is 1. The zero-order valence-corrected chi connectivity index (χ0v) is 16.9. The van der Waals surface area contributed by atoms with Crippen molar-refractivity contribution in [2.75, 3.05) is 11.9 Å². The summed E-state index contributed by atoms with van der Waals surface area (Å²) >= 11 is 5.61. The van der Waals surface area contributed by atoms with Gasteiger partial charge in [-0.3, -0.25) is 9.78 Å². The van der Waals surface area contributed by atoms with Crippen LogP contribution >= 0.6 is 12.2 Å². The number of carbonyl (C=O) groups is 1. The van der Waals surface area contributed by atoms with Crippen molar-refractivity contribution < 1.29 is 4.79 Å². The molecule has 0 bridgehead atoms. The number of thiocarbonyl (C=S) groups is 1. The summed E-state index contributed by atoms with van der Waals surface area (Å²) in [5.74, 6) is -0.0337. The van der Waals surface area contributed by atoms with Gasteiger partial charge in [-0.1, -0.05) is 24.3 Å². The Morgan fingerprint density at radius 1 is 1.17 bits per heavy atom. The second-order valence-corrected chi connectivity index (χ2v) is 7.45. The Morgan fingerprint density at radius 2 is 2.00 bits per heavy atom. The summed E-state index contributed by atoms with van der Waals surface area (Å²) in [7, 11) is 0. The fourth-order valence-corrected chi connectivity index (χ4v) is 3.99. The molecule has 0 aliphatic carbocycles. The monoisotopic (exact) mass is 405 g/mol. The zero-order chi connectivity index (χ0) is 20.2. The van der Waals surface area contributed by atoms with Gasteiger partial charge in [0.15, 0.2) is 5.11 Å². The summed E-state index contributed by atoms with van der Waals surface area (Å²) in [4.78, 5) is 22.4. The number of rotatable bonds is 6. The lowest BCUT2D eigenvalue weighted by Crippen LogP contribution is -2.32. The minimum atomic E-state index is -0.0817. The van der Waals surface area contributed by atoms with Gasteiger partial charge in [0, 0.05) is 36.7 Å². The van der Waals surface area contributed by atoms with E-state index in [2.05, 4.69) is 25.5 Å². The highest BCUT2D eigenvalue weighted by Gasteiger charge is 2.40. The molecule has 3 heterocycles. The van der Waals surface area contributed by atoms with E-state index in [1.165, 1.54) is 0 Å². The summed E-state index contributed by atoms with van der Waals surface area (Å²) in [6, 6.07) is 17.5. The van der Waals surface area contributed by atoms with E-state index >= 15 is 0 Å². The van der Waals surface area contributed by atoms with Crippen LogP contribution in [0.1, 0.15) is 35.5 Å². The topological polar surface area (TPSA) is 73.1 Å². The van der Waals surface area contributed by atoms with Gasteiger partial charge >= 0.3 is 0 Å². The number of pyridine rings is 1. The fraction of sp³-hybridized carbons (Fsp3) is 0.227. The quantitative estimate of drug-likeness (QED) is 0.545. The molecule has 6 nitrogen and oxygen atoms in total. The van der Waals surface area contributed by atoms with Gasteiger partial charge in [-0.15, -0.1) is 0 Å². The average Bonchev–Trinajstić information content (AvgIpc) is 3.36. The number of hydrogen-bond donors (Lipinski definition) is 3. The number of para-hydroxylation sites is 1. The largest absolute Gasteiger partial charge is 0.363 e. The summed E-state index contributed by atoms with van der Waals surface area (Å²) in [6.07, 6.45) is 4.02. The number of amides is 1. The molecule has 1 amide bonds. The van der Waals surface area contributed by atoms with E-state index in [0.29, 0.717) is 18.1 Å². The zero-order valence-electron chi connectivity index (χ0n) is 16.1. The Morgan fingerprint density at radius 3 is 2.72 bits per heavy atom. The molecule has 2 aromatic heterocycles. The number of aromatic amines is 1. The van der Waals surface area contributed by atoms with Crippen LogP contribution in [0.15, 0.2) is 67.0 Å². The third kappa shape index (κ3) is 4.14. The first-order valence-electron chi connectivity index (χ1n) is 9.60. The predicted octanol–water partition coefficient (Wildman–Crippen LogP) is 3.72. The standard InChI is InChI=1S/C22H23N5OS/c1-15-7-2-3-8-16(15)25-19(28)11-14-27-21(18-10-6-13-24-18)20(26-22(27)29)17-9-4-5-12-23-17/h2-10,12-13,20-21,24H,11,14H2,1H3,(H,25,28)(H,26,29). The van der Waals surface area contributed by atoms with Crippen LogP contribution in [0.25, 0.3) is 0 Å². The van der Waals surface area contributed by atoms with Gasteiger partial charge in [0.25, 0.3) is 0 Å². The normalized spacial score (nSPS) is 18.5. The smallest absolute Gasteiger partial charge is 0.226 e. The highest BCUT2D eigenvalue weighted by atomic mass is 32.1. The van der Waals surface area contributed by atoms with Crippen molar-refractivity contribution in [2.45, 2.75) is 25.4 Å². The van der Waals surface area contributed by atoms with Crippen molar-refractivity contribution in [3.63, 3.8) is 0 Å². The van der Waals surface area contributed by atoms with Crippen molar-refractivity contribution >= 4 is 28.9 Å². The van der Waals surface area contributed by atoms with Gasteiger partial charge < -0.3 is 20.5 Å². The third-order valence-electron chi connectivity index (χ3n) is 5.14. The number of benzene rings is 1. The van der Waals surface area contributed by atoms with Gasteiger partial charge in [-0.05, 0) is 55.0 Å². The first-order valence-corrected chi connectivity index (χ1v) is 10.0. The Bertz CT molecular complexity index is 989. The molecular formula is C22H23N5OS. The fourth-order valence-electron chi connectivity index (χ4n) is 3.66. The molecule has 0 saturated carbocycles. The average molecular weight is 406 g/mol. The first-order chi connectivity index (χ1) is 14.1. The molecule has 3 N–H and O–H groups in total. The van der Waals surface area contributed by atoms with Crippen LogP contribution in [0.2, 0.25) is 0 Å². The molecule has 148 valence electrons. The van der Waals surface area contributed by atoms with E-state index in [-0.39, 0.29) is 18.0 Å². The van der Waals surface area contributed by atoms with Crippen LogP contribution < -0.4 is 10.6 Å². The lowest BCUT2D eigenvalue weighted by atomic mass is 10.0. The minimum absolute atomic E-state index is 0.0337. The van der Waals surface area contributed by atoms with Crippen LogP contribution in [0.3, 0.4) is 0 Å². The van der Waals surface area contributed by atoms with Gasteiger partial charge in [0.2, 0.25) is 5.91 Å². The molecule has 1 fully saturated rings. The van der Waals surface area contributed by atoms with Crippen molar-refractivity contribution in [3.8, 4) is 0 Å². The van der Waals surface area contributed by atoms with Crippen LogP contribution in [0, 0.1) is 6.92 Å². The summed E-state index contributed by atoms with van der Waals surface area (Å²) in [6.45, 7) is 2.49. The van der Waals surface area contributed by atoms with Crippen molar-refractivity contribution in [1.29, 1.82) is 0 Å². The highest BCUT2D eigenvalue weighted by Crippen LogP contribution is 2.37. The SMILES string of the molecule is Cc1ccccc1NC(=O)CCN1C(=S)NC(c2ccccn2)C1c1ccc[nH]1. The second kappa shape index (κ2) is 8.45. The second-order valence-electron chi connectivity index (χ2n) is 7.06. The Kier molecular flexibility index (Phi) is 5.57. The lowest BCUT2D eigenvalue weighted by molar-refractivity contribution is -0.116. The van der Waals surface area contributed by atoms with E-state index in [9.17, 15) is 4.79 Å². The summed E-state index contributed by atoms with van der Waals surface area (Å²) in [5.41, 5.74) is 3.83.